The minimum atomic E-state index is -0.605. The van der Waals surface area contributed by atoms with Gasteiger partial charge in [-0.25, -0.2) is 0 Å². The van der Waals surface area contributed by atoms with Gasteiger partial charge >= 0.3 is 0 Å². The molecule has 20 heavy (non-hydrogen) atoms. The van der Waals surface area contributed by atoms with Crippen LogP contribution in [0.5, 0.6) is 5.75 Å². The van der Waals surface area contributed by atoms with Crippen molar-refractivity contribution in [3.05, 3.63) is 58.8 Å². The van der Waals surface area contributed by atoms with E-state index >= 15 is 0 Å². The average Bonchev–Trinajstić information content (AvgIpc) is 2.97. The van der Waals surface area contributed by atoms with E-state index in [0.717, 1.165) is 0 Å². The molecule has 0 unspecified atom stereocenters. The van der Waals surface area contributed by atoms with Crippen LogP contribution in [0.25, 0.3) is 10.9 Å². The number of para-hydroxylation sites is 1. The standard InChI is InChI=1S/C14H10N2O4/c17-12-8-4-1-2-5-9(8)15-14(19)11(12)16-13(18)10-6-3-7-20-10/h1-7H,(H,16,18)(H2,15,17,19). The highest BCUT2D eigenvalue weighted by atomic mass is 16.3. The predicted molar refractivity (Wildman–Crippen MR) is 72.9 cm³/mol. The summed E-state index contributed by atoms with van der Waals surface area (Å²) in [6.45, 7) is 0. The Morgan fingerprint density at radius 1 is 1.20 bits per heavy atom. The smallest absolute Gasteiger partial charge is 0.291 e. The van der Waals surface area contributed by atoms with E-state index < -0.39 is 11.5 Å². The normalized spacial score (nSPS) is 10.6. The predicted octanol–water partition coefficient (Wildman–Crippen LogP) is 2.08. The van der Waals surface area contributed by atoms with Gasteiger partial charge in [0.25, 0.3) is 11.5 Å². The van der Waals surface area contributed by atoms with Gasteiger partial charge in [-0.1, -0.05) is 12.1 Å². The Hall–Kier alpha value is -3.02. The van der Waals surface area contributed by atoms with E-state index in [4.69, 9.17) is 4.42 Å². The number of fused-ring (bicyclic) bond motifs is 1. The maximum Gasteiger partial charge on any atom is 0.291 e. The van der Waals surface area contributed by atoms with Crippen LogP contribution in [0, 0.1) is 0 Å². The number of carbonyl (C=O) groups is 1. The van der Waals surface area contributed by atoms with Crippen molar-refractivity contribution in [3.63, 3.8) is 0 Å². The minimum Gasteiger partial charge on any atom is -0.505 e. The van der Waals surface area contributed by atoms with Crippen LogP contribution in [0.3, 0.4) is 0 Å². The number of aromatic hydroxyl groups is 1. The van der Waals surface area contributed by atoms with Crippen molar-refractivity contribution in [3.8, 4) is 5.75 Å². The number of hydrogen-bond donors (Lipinski definition) is 3. The van der Waals surface area contributed by atoms with E-state index in [2.05, 4.69) is 10.3 Å². The lowest BCUT2D eigenvalue weighted by Gasteiger charge is -2.07. The number of aromatic nitrogens is 1. The van der Waals surface area contributed by atoms with E-state index in [1.165, 1.54) is 12.3 Å². The van der Waals surface area contributed by atoms with E-state index in [9.17, 15) is 14.7 Å². The molecule has 6 nitrogen and oxygen atoms in total. The van der Waals surface area contributed by atoms with Crippen LogP contribution in [-0.2, 0) is 0 Å². The van der Waals surface area contributed by atoms with Crippen LogP contribution in [-0.4, -0.2) is 16.0 Å². The molecule has 0 bridgehead atoms. The Kier molecular flexibility index (Phi) is 2.76. The summed E-state index contributed by atoms with van der Waals surface area (Å²) in [5.41, 5.74) is -0.294. The first-order valence-corrected chi connectivity index (χ1v) is 5.85. The number of aromatic amines is 1. The second-order valence-electron chi connectivity index (χ2n) is 4.15. The summed E-state index contributed by atoms with van der Waals surface area (Å²) in [6.07, 6.45) is 1.35. The fourth-order valence-electron chi connectivity index (χ4n) is 1.92. The molecule has 1 amide bonds. The molecular weight excluding hydrogens is 260 g/mol. The number of hydrogen-bond acceptors (Lipinski definition) is 4. The zero-order valence-corrected chi connectivity index (χ0v) is 10.2. The zero-order chi connectivity index (χ0) is 14.1. The summed E-state index contributed by atoms with van der Waals surface area (Å²) in [5.74, 6) is -0.827. The molecule has 1 aromatic carbocycles. The van der Waals surface area contributed by atoms with Crippen LogP contribution < -0.4 is 10.9 Å². The van der Waals surface area contributed by atoms with Gasteiger partial charge in [-0.15, -0.1) is 0 Å². The Morgan fingerprint density at radius 2 is 2.00 bits per heavy atom. The van der Waals surface area contributed by atoms with Gasteiger partial charge < -0.3 is 19.8 Å². The number of carbonyl (C=O) groups excluding carboxylic acids is 1. The summed E-state index contributed by atoms with van der Waals surface area (Å²) in [7, 11) is 0. The second kappa shape index (κ2) is 4.58. The molecule has 0 spiro atoms. The summed E-state index contributed by atoms with van der Waals surface area (Å²) >= 11 is 0. The molecule has 0 saturated carbocycles. The Bertz CT molecular complexity index is 834. The lowest BCUT2D eigenvalue weighted by molar-refractivity contribution is 0.0996. The monoisotopic (exact) mass is 270 g/mol. The zero-order valence-electron chi connectivity index (χ0n) is 10.2. The van der Waals surface area contributed by atoms with Crippen molar-refractivity contribution in [2.75, 3.05) is 5.32 Å². The van der Waals surface area contributed by atoms with E-state index in [1.807, 2.05) is 0 Å². The highest BCUT2D eigenvalue weighted by Gasteiger charge is 2.16. The van der Waals surface area contributed by atoms with Gasteiger partial charge in [0.2, 0.25) is 0 Å². The number of furan rings is 1. The number of rotatable bonds is 2. The molecule has 2 heterocycles. The topological polar surface area (TPSA) is 95.3 Å². The van der Waals surface area contributed by atoms with Crippen LogP contribution in [0.4, 0.5) is 5.69 Å². The summed E-state index contributed by atoms with van der Waals surface area (Å²) < 4.78 is 4.93. The third-order valence-corrected chi connectivity index (χ3v) is 2.88. The number of nitrogens with one attached hydrogen (secondary N) is 2. The van der Waals surface area contributed by atoms with Crippen LogP contribution in [0.1, 0.15) is 10.6 Å². The number of anilines is 1. The molecule has 0 saturated heterocycles. The molecule has 3 aromatic rings. The first-order valence-electron chi connectivity index (χ1n) is 5.85. The lowest BCUT2D eigenvalue weighted by Crippen LogP contribution is -2.19. The summed E-state index contributed by atoms with van der Waals surface area (Å²) in [5, 5.41) is 12.9. The van der Waals surface area contributed by atoms with Crippen molar-refractivity contribution in [2.24, 2.45) is 0 Å². The molecule has 0 aliphatic heterocycles. The average molecular weight is 270 g/mol. The fourth-order valence-corrected chi connectivity index (χ4v) is 1.92. The molecule has 0 fully saturated rings. The van der Waals surface area contributed by atoms with Crippen molar-refractivity contribution in [2.45, 2.75) is 0 Å². The molecule has 0 aliphatic rings. The van der Waals surface area contributed by atoms with Crippen molar-refractivity contribution in [1.29, 1.82) is 0 Å². The quantitative estimate of drug-likeness (QED) is 0.664. The Morgan fingerprint density at radius 3 is 2.75 bits per heavy atom. The van der Waals surface area contributed by atoms with Crippen molar-refractivity contribution < 1.29 is 14.3 Å². The molecular formula is C14H10N2O4. The van der Waals surface area contributed by atoms with Crippen LogP contribution in [0.2, 0.25) is 0 Å². The maximum atomic E-state index is 11.9. The lowest BCUT2D eigenvalue weighted by atomic mass is 10.2. The van der Waals surface area contributed by atoms with Crippen LogP contribution in [0.15, 0.2) is 51.9 Å². The van der Waals surface area contributed by atoms with E-state index in [0.29, 0.717) is 10.9 Å². The summed E-state index contributed by atoms with van der Waals surface area (Å²) in [4.78, 5) is 26.3. The molecule has 0 aliphatic carbocycles. The maximum absolute atomic E-state index is 11.9. The number of H-pyrrole nitrogens is 1. The van der Waals surface area contributed by atoms with Crippen molar-refractivity contribution in [1.82, 2.24) is 4.98 Å². The number of amides is 1. The largest absolute Gasteiger partial charge is 0.505 e. The van der Waals surface area contributed by atoms with Gasteiger partial charge in [0.15, 0.2) is 17.2 Å². The summed E-state index contributed by atoms with van der Waals surface area (Å²) in [6, 6.07) is 9.77. The first-order chi connectivity index (χ1) is 9.66. The Labute approximate surface area is 112 Å². The second-order valence-corrected chi connectivity index (χ2v) is 4.15. The minimum absolute atomic E-state index is 0.0527. The number of pyridine rings is 1. The molecule has 0 radical (unpaired) electrons. The van der Waals surface area contributed by atoms with E-state index in [-0.39, 0.29) is 17.2 Å². The number of benzene rings is 1. The molecule has 6 heteroatoms. The molecule has 2 aromatic heterocycles. The molecule has 3 N–H and O–H groups in total. The van der Waals surface area contributed by atoms with Crippen LogP contribution >= 0.6 is 0 Å². The third kappa shape index (κ3) is 1.93. The fraction of sp³-hybridized carbons (Fsp3) is 0. The van der Waals surface area contributed by atoms with E-state index in [1.54, 1.807) is 30.3 Å². The van der Waals surface area contributed by atoms with Gasteiger partial charge in [0.1, 0.15) is 0 Å². The van der Waals surface area contributed by atoms with Gasteiger partial charge in [-0.3, -0.25) is 9.59 Å². The van der Waals surface area contributed by atoms with Crippen molar-refractivity contribution >= 4 is 22.5 Å². The van der Waals surface area contributed by atoms with Gasteiger partial charge in [-0.2, -0.15) is 0 Å². The SMILES string of the molecule is O=C(Nc1c(O)c2ccccc2[nH]c1=O)c1ccco1. The van der Waals surface area contributed by atoms with Gasteiger partial charge in [-0.05, 0) is 24.3 Å². The first kappa shape index (κ1) is 12.0. The highest BCUT2D eigenvalue weighted by molar-refractivity contribution is 6.04. The molecule has 3 rings (SSSR count). The van der Waals surface area contributed by atoms with Gasteiger partial charge in [0.05, 0.1) is 11.8 Å². The third-order valence-electron chi connectivity index (χ3n) is 2.88. The Balaban J connectivity index is 2.08. The highest BCUT2D eigenvalue weighted by Crippen LogP contribution is 2.28. The molecule has 100 valence electrons. The van der Waals surface area contributed by atoms with Gasteiger partial charge in [0, 0.05) is 5.39 Å². The molecule has 0 atom stereocenters.